The van der Waals surface area contributed by atoms with E-state index in [1.165, 1.54) is 19.6 Å². The Morgan fingerprint density at radius 2 is 2.00 bits per heavy atom. The lowest BCUT2D eigenvalue weighted by atomic mass is 9.96. The van der Waals surface area contributed by atoms with Crippen LogP contribution in [0.15, 0.2) is 0 Å². The van der Waals surface area contributed by atoms with Crippen LogP contribution in [0, 0.1) is 0 Å². The summed E-state index contributed by atoms with van der Waals surface area (Å²) < 4.78 is 0. The highest BCUT2D eigenvalue weighted by Gasteiger charge is 2.34. The van der Waals surface area contributed by atoms with Crippen molar-refractivity contribution in [2.45, 2.75) is 39.3 Å². The summed E-state index contributed by atoms with van der Waals surface area (Å²) in [4.78, 5) is 5.02. The zero-order valence-corrected chi connectivity index (χ0v) is 9.09. The van der Waals surface area contributed by atoms with Gasteiger partial charge in [-0.15, -0.1) is 0 Å². The van der Waals surface area contributed by atoms with Gasteiger partial charge in [-0.25, -0.2) is 0 Å². The van der Waals surface area contributed by atoms with Crippen molar-refractivity contribution in [1.29, 1.82) is 0 Å². The summed E-state index contributed by atoms with van der Waals surface area (Å²) >= 11 is 0. The van der Waals surface area contributed by atoms with Gasteiger partial charge in [0, 0.05) is 24.7 Å². The first-order valence-electron chi connectivity index (χ1n) is 4.92. The second kappa shape index (κ2) is 3.35. The van der Waals surface area contributed by atoms with Crippen LogP contribution in [0.4, 0.5) is 0 Å². The number of piperazine rings is 1. The summed E-state index contributed by atoms with van der Waals surface area (Å²) in [6, 6.07) is 0.706. The van der Waals surface area contributed by atoms with Gasteiger partial charge < -0.3 is 4.90 Å². The standard InChI is InChI=1S/C10H22N2/c1-6-12-7-9(2)11(5)8-10(12,3)4/h9H,6-8H2,1-5H3/t9-/m0/s1. The molecule has 1 fully saturated rings. The zero-order chi connectivity index (χ0) is 9.35. The highest BCUT2D eigenvalue weighted by Crippen LogP contribution is 2.22. The molecule has 0 aromatic rings. The van der Waals surface area contributed by atoms with E-state index in [-0.39, 0.29) is 0 Å². The molecule has 1 atom stereocenters. The van der Waals surface area contributed by atoms with E-state index in [9.17, 15) is 0 Å². The normalized spacial score (nSPS) is 32.2. The van der Waals surface area contributed by atoms with E-state index in [1.54, 1.807) is 0 Å². The molecule has 1 aliphatic heterocycles. The zero-order valence-electron chi connectivity index (χ0n) is 9.09. The average Bonchev–Trinajstić information content (AvgIpc) is 1.96. The van der Waals surface area contributed by atoms with Crippen molar-refractivity contribution in [3.63, 3.8) is 0 Å². The van der Waals surface area contributed by atoms with Crippen LogP contribution in [0.5, 0.6) is 0 Å². The lowest BCUT2D eigenvalue weighted by Crippen LogP contribution is -2.61. The van der Waals surface area contributed by atoms with Crippen LogP contribution in [-0.2, 0) is 0 Å². The average molecular weight is 170 g/mol. The molecule has 0 saturated carbocycles. The molecular weight excluding hydrogens is 148 g/mol. The molecule has 0 amide bonds. The van der Waals surface area contributed by atoms with Crippen LogP contribution >= 0.6 is 0 Å². The van der Waals surface area contributed by atoms with E-state index in [1.807, 2.05) is 0 Å². The minimum absolute atomic E-state index is 0.357. The number of hydrogen-bond acceptors (Lipinski definition) is 2. The predicted molar refractivity (Wildman–Crippen MR) is 53.4 cm³/mol. The smallest absolute Gasteiger partial charge is 0.0280 e. The Kier molecular flexibility index (Phi) is 2.79. The van der Waals surface area contributed by atoms with Gasteiger partial charge in [0.2, 0.25) is 0 Å². The fourth-order valence-corrected chi connectivity index (χ4v) is 2.13. The summed E-state index contributed by atoms with van der Waals surface area (Å²) in [5, 5.41) is 0. The molecule has 2 nitrogen and oxygen atoms in total. The number of nitrogens with zero attached hydrogens (tertiary/aromatic N) is 2. The molecule has 1 rings (SSSR count). The fourth-order valence-electron chi connectivity index (χ4n) is 2.13. The number of rotatable bonds is 1. The van der Waals surface area contributed by atoms with Gasteiger partial charge in [-0.2, -0.15) is 0 Å². The number of likely N-dealkylation sites (N-methyl/N-ethyl adjacent to an activating group) is 2. The maximum absolute atomic E-state index is 2.57. The molecule has 0 aromatic carbocycles. The van der Waals surface area contributed by atoms with E-state index in [0.29, 0.717) is 11.6 Å². The first kappa shape index (κ1) is 10.0. The Morgan fingerprint density at radius 3 is 2.50 bits per heavy atom. The van der Waals surface area contributed by atoms with Gasteiger partial charge >= 0.3 is 0 Å². The largest absolute Gasteiger partial charge is 0.301 e. The van der Waals surface area contributed by atoms with Crippen molar-refractivity contribution in [2.75, 3.05) is 26.7 Å². The molecule has 0 unspecified atom stereocenters. The molecule has 1 heterocycles. The molecule has 72 valence electrons. The molecule has 0 spiro atoms. The minimum Gasteiger partial charge on any atom is -0.301 e. The van der Waals surface area contributed by atoms with Gasteiger partial charge in [-0.05, 0) is 34.4 Å². The maximum Gasteiger partial charge on any atom is 0.0280 e. The Balaban J connectivity index is 2.65. The molecule has 0 aromatic heterocycles. The second-order valence-corrected chi connectivity index (χ2v) is 4.62. The fraction of sp³-hybridized carbons (Fsp3) is 1.00. The lowest BCUT2D eigenvalue weighted by Gasteiger charge is -2.49. The molecule has 12 heavy (non-hydrogen) atoms. The van der Waals surface area contributed by atoms with Crippen molar-refractivity contribution >= 4 is 0 Å². The summed E-state index contributed by atoms with van der Waals surface area (Å²) in [5.41, 5.74) is 0.357. The van der Waals surface area contributed by atoms with E-state index in [4.69, 9.17) is 0 Å². The van der Waals surface area contributed by atoms with Gasteiger partial charge in [0.05, 0.1) is 0 Å². The molecule has 2 heteroatoms. The minimum atomic E-state index is 0.357. The quantitative estimate of drug-likeness (QED) is 0.587. The first-order valence-corrected chi connectivity index (χ1v) is 4.92. The topological polar surface area (TPSA) is 6.48 Å². The van der Waals surface area contributed by atoms with Crippen LogP contribution in [0.3, 0.4) is 0 Å². The molecule has 0 radical (unpaired) electrons. The Bertz CT molecular complexity index is 154. The second-order valence-electron chi connectivity index (χ2n) is 4.62. The molecule has 1 aliphatic rings. The molecule has 0 aliphatic carbocycles. The number of hydrogen-bond donors (Lipinski definition) is 0. The van der Waals surface area contributed by atoms with Crippen molar-refractivity contribution in [2.24, 2.45) is 0 Å². The van der Waals surface area contributed by atoms with Crippen LogP contribution < -0.4 is 0 Å². The predicted octanol–water partition coefficient (Wildman–Crippen LogP) is 1.42. The van der Waals surface area contributed by atoms with E-state index in [2.05, 4.69) is 44.5 Å². The molecule has 0 bridgehead atoms. The van der Waals surface area contributed by atoms with Crippen LogP contribution in [0.1, 0.15) is 27.7 Å². The van der Waals surface area contributed by atoms with Crippen LogP contribution in [-0.4, -0.2) is 48.1 Å². The van der Waals surface area contributed by atoms with Crippen molar-refractivity contribution in [1.82, 2.24) is 9.80 Å². The Morgan fingerprint density at radius 1 is 1.42 bits per heavy atom. The Hall–Kier alpha value is -0.0800. The Labute approximate surface area is 76.5 Å². The molecule has 1 saturated heterocycles. The van der Waals surface area contributed by atoms with Crippen molar-refractivity contribution < 1.29 is 0 Å². The van der Waals surface area contributed by atoms with E-state index in [0.717, 1.165) is 0 Å². The van der Waals surface area contributed by atoms with Gasteiger partial charge in [0.25, 0.3) is 0 Å². The highest BCUT2D eigenvalue weighted by atomic mass is 15.3. The molecular formula is C10H22N2. The van der Waals surface area contributed by atoms with Crippen LogP contribution in [0.2, 0.25) is 0 Å². The summed E-state index contributed by atoms with van der Waals surface area (Å²) in [6.45, 7) is 12.8. The van der Waals surface area contributed by atoms with E-state index >= 15 is 0 Å². The van der Waals surface area contributed by atoms with Gasteiger partial charge in [0.15, 0.2) is 0 Å². The molecule has 0 N–H and O–H groups in total. The highest BCUT2D eigenvalue weighted by molar-refractivity contribution is 4.91. The van der Waals surface area contributed by atoms with Crippen LogP contribution in [0.25, 0.3) is 0 Å². The third-order valence-corrected chi connectivity index (χ3v) is 3.11. The third-order valence-electron chi connectivity index (χ3n) is 3.11. The van der Waals surface area contributed by atoms with Crippen molar-refractivity contribution in [3.8, 4) is 0 Å². The van der Waals surface area contributed by atoms with Gasteiger partial charge in [-0.3, -0.25) is 4.90 Å². The van der Waals surface area contributed by atoms with Gasteiger partial charge in [0.1, 0.15) is 0 Å². The summed E-state index contributed by atoms with van der Waals surface area (Å²) in [5.74, 6) is 0. The summed E-state index contributed by atoms with van der Waals surface area (Å²) in [7, 11) is 2.22. The van der Waals surface area contributed by atoms with E-state index < -0.39 is 0 Å². The van der Waals surface area contributed by atoms with Gasteiger partial charge in [-0.1, -0.05) is 6.92 Å². The summed E-state index contributed by atoms with van der Waals surface area (Å²) in [6.07, 6.45) is 0. The monoisotopic (exact) mass is 170 g/mol. The SMILES string of the molecule is CCN1C[C@H](C)N(C)CC1(C)C. The maximum atomic E-state index is 2.57. The first-order chi connectivity index (χ1) is 5.47. The third kappa shape index (κ3) is 1.80. The van der Waals surface area contributed by atoms with Crippen molar-refractivity contribution in [3.05, 3.63) is 0 Å². The lowest BCUT2D eigenvalue weighted by molar-refractivity contribution is 0.00484.